The molecule has 1 N–H and O–H groups in total. The lowest BCUT2D eigenvalue weighted by Gasteiger charge is -2.19. The summed E-state index contributed by atoms with van der Waals surface area (Å²) in [5.41, 5.74) is 2.76. The first-order chi connectivity index (χ1) is 10.7. The highest BCUT2D eigenvalue weighted by molar-refractivity contribution is 6.10. The van der Waals surface area contributed by atoms with Crippen molar-refractivity contribution < 1.29 is 14.6 Å². The first-order valence-electron chi connectivity index (χ1n) is 6.93. The number of carbonyl (C=O) groups is 1. The SMILES string of the molecule is C=Nc1cc(O)c(OC)cc1C(=O)N1CCc2ccccc21. The number of hydrogen-bond acceptors (Lipinski definition) is 4. The molecule has 0 aliphatic carbocycles. The standard InChI is InChI=1S/C17H16N2O3/c1-18-13-10-15(20)16(22-2)9-12(13)17(21)19-8-7-11-5-3-4-6-14(11)19/h3-6,9-10,20H,1,7-8H2,2H3. The molecule has 2 aromatic rings. The largest absolute Gasteiger partial charge is 0.504 e. The highest BCUT2D eigenvalue weighted by atomic mass is 16.5. The highest BCUT2D eigenvalue weighted by Gasteiger charge is 2.27. The number of hydrogen-bond donors (Lipinski definition) is 1. The molecule has 0 atom stereocenters. The summed E-state index contributed by atoms with van der Waals surface area (Å²) in [6, 6.07) is 10.7. The number of ether oxygens (including phenoxy) is 1. The number of benzene rings is 2. The number of rotatable bonds is 3. The van der Waals surface area contributed by atoms with E-state index in [4.69, 9.17) is 4.74 Å². The summed E-state index contributed by atoms with van der Waals surface area (Å²) in [7, 11) is 1.44. The molecule has 2 aromatic carbocycles. The molecule has 1 aliphatic rings. The molecule has 3 rings (SSSR count). The number of nitrogens with zero attached hydrogens (tertiary/aromatic N) is 2. The third kappa shape index (κ3) is 2.20. The second-order valence-electron chi connectivity index (χ2n) is 5.03. The molecule has 1 heterocycles. The van der Waals surface area contributed by atoms with Gasteiger partial charge in [0.25, 0.3) is 5.91 Å². The van der Waals surface area contributed by atoms with Crippen LogP contribution >= 0.6 is 0 Å². The number of amides is 1. The Morgan fingerprint density at radius 3 is 2.86 bits per heavy atom. The Hall–Kier alpha value is -2.82. The Bertz CT molecular complexity index is 756. The predicted molar refractivity (Wildman–Crippen MR) is 85.7 cm³/mol. The van der Waals surface area contributed by atoms with Crippen LogP contribution in [0.25, 0.3) is 0 Å². The Morgan fingerprint density at radius 2 is 2.14 bits per heavy atom. The predicted octanol–water partition coefficient (Wildman–Crippen LogP) is 2.94. The second-order valence-corrected chi connectivity index (χ2v) is 5.03. The summed E-state index contributed by atoms with van der Waals surface area (Å²) in [6.45, 7) is 4.09. The lowest BCUT2D eigenvalue weighted by atomic mass is 10.1. The van der Waals surface area contributed by atoms with Crippen LogP contribution in [0.2, 0.25) is 0 Å². The number of methoxy groups -OCH3 is 1. The van der Waals surface area contributed by atoms with E-state index in [1.54, 1.807) is 4.90 Å². The average Bonchev–Trinajstić information content (AvgIpc) is 2.98. The van der Waals surface area contributed by atoms with Gasteiger partial charge in [-0.1, -0.05) is 18.2 Å². The zero-order valence-electron chi connectivity index (χ0n) is 12.2. The number of phenols is 1. The zero-order valence-corrected chi connectivity index (χ0v) is 12.2. The number of fused-ring (bicyclic) bond motifs is 1. The van der Waals surface area contributed by atoms with Gasteiger partial charge < -0.3 is 14.7 Å². The van der Waals surface area contributed by atoms with Gasteiger partial charge in [-0.2, -0.15) is 0 Å². The van der Waals surface area contributed by atoms with Crippen molar-refractivity contribution in [3.63, 3.8) is 0 Å². The van der Waals surface area contributed by atoms with Gasteiger partial charge in [0, 0.05) is 18.3 Å². The van der Waals surface area contributed by atoms with Crippen molar-refractivity contribution in [2.45, 2.75) is 6.42 Å². The number of aromatic hydroxyl groups is 1. The third-order valence-corrected chi connectivity index (χ3v) is 3.83. The summed E-state index contributed by atoms with van der Waals surface area (Å²) in [6.07, 6.45) is 0.827. The van der Waals surface area contributed by atoms with Gasteiger partial charge in [-0.15, -0.1) is 0 Å². The zero-order chi connectivity index (χ0) is 15.7. The number of phenolic OH excluding ortho intramolecular Hbond substituents is 1. The van der Waals surface area contributed by atoms with Gasteiger partial charge in [-0.3, -0.25) is 9.79 Å². The molecular weight excluding hydrogens is 280 g/mol. The summed E-state index contributed by atoms with van der Waals surface area (Å²) in [5.74, 6) is -0.00264. The molecule has 0 bridgehead atoms. The maximum absolute atomic E-state index is 12.9. The van der Waals surface area contributed by atoms with Crippen molar-refractivity contribution in [2.24, 2.45) is 4.99 Å². The van der Waals surface area contributed by atoms with Crippen molar-refractivity contribution in [3.8, 4) is 11.5 Å². The second kappa shape index (κ2) is 5.52. The number of carbonyl (C=O) groups excluding carboxylic acids is 1. The van der Waals surface area contributed by atoms with Crippen LogP contribution in [-0.2, 0) is 6.42 Å². The lowest BCUT2D eigenvalue weighted by molar-refractivity contribution is 0.0989. The molecule has 0 unspecified atom stereocenters. The average molecular weight is 296 g/mol. The van der Waals surface area contributed by atoms with Crippen LogP contribution in [-0.4, -0.2) is 31.4 Å². The van der Waals surface area contributed by atoms with Crippen molar-refractivity contribution in [1.82, 2.24) is 0 Å². The first-order valence-corrected chi connectivity index (χ1v) is 6.93. The molecular formula is C17H16N2O3. The van der Waals surface area contributed by atoms with Gasteiger partial charge in [0.15, 0.2) is 11.5 Å². The van der Waals surface area contributed by atoms with E-state index >= 15 is 0 Å². The fourth-order valence-corrected chi connectivity index (χ4v) is 2.72. The number of para-hydroxylation sites is 1. The molecule has 5 heteroatoms. The number of anilines is 1. The molecule has 0 saturated carbocycles. The van der Waals surface area contributed by atoms with E-state index in [0.717, 1.165) is 17.7 Å². The molecule has 0 saturated heterocycles. The van der Waals surface area contributed by atoms with Crippen molar-refractivity contribution in [1.29, 1.82) is 0 Å². The smallest absolute Gasteiger partial charge is 0.260 e. The Balaban J connectivity index is 2.05. The van der Waals surface area contributed by atoms with E-state index < -0.39 is 0 Å². The molecule has 22 heavy (non-hydrogen) atoms. The fraction of sp³-hybridized carbons (Fsp3) is 0.176. The van der Waals surface area contributed by atoms with E-state index in [-0.39, 0.29) is 17.4 Å². The van der Waals surface area contributed by atoms with Crippen LogP contribution in [0.4, 0.5) is 11.4 Å². The quantitative estimate of drug-likeness (QED) is 0.886. The maximum atomic E-state index is 12.9. The van der Waals surface area contributed by atoms with Gasteiger partial charge in [0.2, 0.25) is 0 Å². The highest BCUT2D eigenvalue weighted by Crippen LogP contribution is 2.36. The normalized spacial score (nSPS) is 12.9. The van der Waals surface area contributed by atoms with E-state index in [1.165, 1.54) is 19.2 Å². The van der Waals surface area contributed by atoms with Crippen LogP contribution in [0.1, 0.15) is 15.9 Å². The van der Waals surface area contributed by atoms with E-state index in [9.17, 15) is 9.90 Å². The van der Waals surface area contributed by atoms with Crippen LogP contribution in [0, 0.1) is 0 Å². The topological polar surface area (TPSA) is 62.1 Å². The van der Waals surface area contributed by atoms with Crippen LogP contribution in [0.15, 0.2) is 41.4 Å². The molecule has 0 aromatic heterocycles. The Morgan fingerprint density at radius 1 is 1.36 bits per heavy atom. The Labute approximate surface area is 128 Å². The van der Waals surface area contributed by atoms with Gasteiger partial charge in [0.05, 0.1) is 18.4 Å². The van der Waals surface area contributed by atoms with E-state index in [1.807, 2.05) is 24.3 Å². The summed E-state index contributed by atoms with van der Waals surface area (Å²) in [5, 5.41) is 9.81. The molecule has 0 radical (unpaired) electrons. The third-order valence-electron chi connectivity index (χ3n) is 3.83. The van der Waals surface area contributed by atoms with Crippen molar-refractivity contribution in [2.75, 3.05) is 18.6 Å². The summed E-state index contributed by atoms with van der Waals surface area (Å²) < 4.78 is 5.08. The van der Waals surface area contributed by atoms with Crippen molar-refractivity contribution in [3.05, 3.63) is 47.5 Å². The Kier molecular flexibility index (Phi) is 3.55. The van der Waals surface area contributed by atoms with Crippen LogP contribution in [0.3, 0.4) is 0 Å². The van der Waals surface area contributed by atoms with E-state index in [0.29, 0.717) is 17.8 Å². The van der Waals surface area contributed by atoms with Crippen molar-refractivity contribution >= 4 is 24.0 Å². The van der Waals surface area contributed by atoms with Gasteiger partial charge in [0.1, 0.15) is 0 Å². The molecule has 0 spiro atoms. The number of aliphatic imine (C=N–C) groups is 1. The molecule has 112 valence electrons. The minimum atomic E-state index is -0.175. The van der Waals surface area contributed by atoms with Gasteiger partial charge in [-0.25, -0.2) is 0 Å². The summed E-state index contributed by atoms with van der Waals surface area (Å²) >= 11 is 0. The first kappa shape index (κ1) is 14.1. The molecule has 5 nitrogen and oxygen atoms in total. The van der Waals surface area contributed by atoms with Gasteiger partial charge in [-0.05, 0) is 30.8 Å². The van der Waals surface area contributed by atoms with Crippen LogP contribution < -0.4 is 9.64 Å². The maximum Gasteiger partial charge on any atom is 0.260 e. The monoisotopic (exact) mass is 296 g/mol. The fourth-order valence-electron chi connectivity index (χ4n) is 2.72. The van der Waals surface area contributed by atoms with E-state index in [2.05, 4.69) is 11.7 Å². The minimum absolute atomic E-state index is 0.0664. The van der Waals surface area contributed by atoms with Crippen LogP contribution in [0.5, 0.6) is 11.5 Å². The molecule has 1 amide bonds. The minimum Gasteiger partial charge on any atom is -0.504 e. The summed E-state index contributed by atoms with van der Waals surface area (Å²) in [4.78, 5) is 18.4. The molecule has 1 aliphatic heterocycles. The molecule has 0 fully saturated rings. The lowest BCUT2D eigenvalue weighted by Crippen LogP contribution is -2.29. The van der Waals surface area contributed by atoms with Gasteiger partial charge >= 0.3 is 0 Å².